The van der Waals surface area contributed by atoms with Gasteiger partial charge in [0.05, 0.1) is 6.20 Å². The number of para-hydroxylation sites is 2. The van der Waals surface area contributed by atoms with Crippen LogP contribution in [0.25, 0.3) is 0 Å². The van der Waals surface area contributed by atoms with E-state index < -0.39 is 0 Å². The van der Waals surface area contributed by atoms with Gasteiger partial charge in [0.1, 0.15) is 24.3 Å². The normalized spacial score (nSPS) is 25.2. The van der Waals surface area contributed by atoms with Crippen molar-refractivity contribution in [1.82, 2.24) is 14.9 Å². The molecule has 3 aliphatic heterocycles. The van der Waals surface area contributed by atoms with Gasteiger partial charge in [0, 0.05) is 49.7 Å². The predicted molar refractivity (Wildman–Crippen MR) is 134 cm³/mol. The predicted octanol–water partition coefficient (Wildman–Crippen LogP) is 4.85. The molecule has 6 heteroatoms. The lowest BCUT2D eigenvalue weighted by atomic mass is 9.76. The summed E-state index contributed by atoms with van der Waals surface area (Å²) in [6.07, 6.45) is 10.3. The standard InChI is InChI=1S/C27H28N6/c1-5-19-20-11-7-9-13-22(20)33-23-16-28-17-29-25(23)31(4)27(33)24(19)26-30(3)14-15-32(26)21-12-8-6-10-18(21)2/h5-17,19,24,26-27H,1H2,2-4H3. The SMILES string of the molecule is C=CC1c2ccccc2N2c3cncnc3N(C)C2C1C1N(C)C=CN1c1ccccc1C. The van der Waals surface area contributed by atoms with Gasteiger partial charge in [0.2, 0.25) is 0 Å². The van der Waals surface area contributed by atoms with Crippen molar-refractivity contribution in [2.24, 2.45) is 5.92 Å². The molecule has 1 aromatic heterocycles. The Bertz CT molecular complexity index is 1250. The van der Waals surface area contributed by atoms with Gasteiger partial charge in [0.25, 0.3) is 0 Å². The Morgan fingerprint density at radius 2 is 1.67 bits per heavy atom. The number of aromatic nitrogens is 2. The fourth-order valence-corrected chi connectivity index (χ4v) is 5.99. The lowest BCUT2D eigenvalue weighted by Gasteiger charge is -2.50. The van der Waals surface area contributed by atoms with Gasteiger partial charge in [-0.25, -0.2) is 9.97 Å². The minimum absolute atomic E-state index is 0.0773. The first-order valence-electron chi connectivity index (χ1n) is 11.4. The third-order valence-corrected chi connectivity index (χ3v) is 7.40. The Kier molecular flexibility index (Phi) is 4.43. The molecular formula is C27H28N6. The maximum Gasteiger partial charge on any atom is 0.157 e. The minimum Gasteiger partial charge on any atom is -0.358 e. The van der Waals surface area contributed by atoms with Gasteiger partial charge in [-0.3, -0.25) is 0 Å². The first kappa shape index (κ1) is 19.9. The van der Waals surface area contributed by atoms with Gasteiger partial charge < -0.3 is 19.6 Å². The van der Waals surface area contributed by atoms with Gasteiger partial charge in [-0.15, -0.1) is 6.58 Å². The summed E-state index contributed by atoms with van der Waals surface area (Å²) in [5.74, 6) is 1.33. The van der Waals surface area contributed by atoms with Crippen LogP contribution < -0.4 is 14.7 Å². The fourth-order valence-electron chi connectivity index (χ4n) is 5.99. The second-order valence-corrected chi connectivity index (χ2v) is 9.09. The summed E-state index contributed by atoms with van der Waals surface area (Å²) >= 11 is 0. The fraction of sp³-hybridized carbons (Fsp3) is 0.259. The van der Waals surface area contributed by atoms with E-state index in [9.17, 15) is 0 Å². The van der Waals surface area contributed by atoms with Crippen molar-refractivity contribution in [3.8, 4) is 0 Å². The lowest BCUT2D eigenvalue weighted by molar-refractivity contribution is 0.203. The number of fused-ring (bicyclic) bond motifs is 5. The van der Waals surface area contributed by atoms with Gasteiger partial charge in [0.15, 0.2) is 5.82 Å². The van der Waals surface area contributed by atoms with E-state index in [1.54, 1.807) is 6.33 Å². The van der Waals surface area contributed by atoms with Gasteiger partial charge in [-0.2, -0.15) is 0 Å². The zero-order valence-corrected chi connectivity index (χ0v) is 19.2. The zero-order chi connectivity index (χ0) is 22.7. The van der Waals surface area contributed by atoms with Crippen molar-refractivity contribution < 1.29 is 0 Å². The summed E-state index contributed by atoms with van der Waals surface area (Å²) in [5.41, 5.74) is 6.05. The molecule has 33 heavy (non-hydrogen) atoms. The van der Waals surface area contributed by atoms with E-state index in [1.165, 1.54) is 22.5 Å². The summed E-state index contributed by atoms with van der Waals surface area (Å²) in [7, 11) is 4.32. The highest BCUT2D eigenvalue weighted by atomic mass is 15.5. The maximum absolute atomic E-state index is 4.66. The molecule has 166 valence electrons. The molecule has 0 saturated carbocycles. The first-order chi connectivity index (χ1) is 16.1. The van der Waals surface area contributed by atoms with Gasteiger partial charge >= 0.3 is 0 Å². The second-order valence-electron chi connectivity index (χ2n) is 9.09. The molecule has 0 N–H and O–H groups in total. The Morgan fingerprint density at radius 1 is 0.909 bits per heavy atom. The number of aryl methyl sites for hydroxylation is 1. The van der Waals surface area contributed by atoms with E-state index in [4.69, 9.17) is 0 Å². The van der Waals surface area contributed by atoms with Crippen LogP contribution in [0, 0.1) is 12.8 Å². The van der Waals surface area contributed by atoms with E-state index in [2.05, 4.69) is 124 Å². The van der Waals surface area contributed by atoms with E-state index in [1.807, 2.05) is 6.20 Å². The molecule has 6 rings (SSSR count). The topological polar surface area (TPSA) is 38.7 Å². The average Bonchev–Trinajstić information content (AvgIpc) is 3.36. The number of hydrogen-bond acceptors (Lipinski definition) is 6. The Hall–Kier alpha value is -3.80. The van der Waals surface area contributed by atoms with Crippen molar-refractivity contribution in [2.45, 2.75) is 25.2 Å². The molecule has 6 nitrogen and oxygen atoms in total. The molecule has 0 aliphatic carbocycles. The van der Waals surface area contributed by atoms with E-state index in [0.717, 1.165) is 11.5 Å². The van der Waals surface area contributed by atoms with Crippen molar-refractivity contribution in [1.29, 1.82) is 0 Å². The van der Waals surface area contributed by atoms with Gasteiger partial charge in [-0.05, 0) is 30.2 Å². The van der Waals surface area contributed by atoms with Crippen LogP contribution in [-0.4, -0.2) is 41.3 Å². The molecule has 0 bridgehead atoms. The van der Waals surface area contributed by atoms with E-state index in [0.29, 0.717) is 0 Å². The van der Waals surface area contributed by atoms with Crippen LogP contribution in [0.15, 0.2) is 86.1 Å². The number of anilines is 4. The summed E-state index contributed by atoms with van der Waals surface area (Å²) in [6, 6.07) is 17.3. The van der Waals surface area contributed by atoms with Crippen LogP contribution in [-0.2, 0) is 0 Å². The highest BCUT2D eigenvalue weighted by Gasteiger charge is 2.53. The van der Waals surface area contributed by atoms with Crippen LogP contribution in [0.2, 0.25) is 0 Å². The average molecular weight is 437 g/mol. The van der Waals surface area contributed by atoms with Crippen molar-refractivity contribution >= 4 is 22.9 Å². The molecule has 3 aromatic rings. The number of allylic oxidation sites excluding steroid dienone is 1. The third-order valence-electron chi connectivity index (χ3n) is 7.40. The molecule has 0 saturated heterocycles. The maximum atomic E-state index is 4.66. The van der Waals surface area contributed by atoms with Crippen LogP contribution in [0.1, 0.15) is 17.0 Å². The van der Waals surface area contributed by atoms with E-state index in [-0.39, 0.29) is 24.2 Å². The van der Waals surface area contributed by atoms with Crippen LogP contribution >= 0.6 is 0 Å². The zero-order valence-electron chi connectivity index (χ0n) is 19.2. The number of nitrogens with zero attached hydrogens (tertiary/aromatic N) is 6. The third kappa shape index (κ3) is 2.73. The molecule has 0 amide bonds. The quantitative estimate of drug-likeness (QED) is 0.547. The molecule has 2 aromatic carbocycles. The first-order valence-corrected chi connectivity index (χ1v) is 11.4. The van der Waals surface area contributed by atoms with Crippen molar-refractivity contribution in [2.75, 3.05) is 28.8 Å². The summed E-state index contributed by atoms with van der Waals surface area (Å²) in [6.45, 7) is 6.49. The Morgan fingerprint density at radius 3 is 2.45 bits per heavy atom. The highest BCUT2D eigenvalue weighted by Crippen LogP contribution is 2.55. The summed E-state index contributed by atoms with van der Waals surface area (Å²) in [5, 5.41) is 0. The monoisotopic (exact) mass is 436 g/mol. The summed E-state index contributed by atoms with van der Waals surface area (Å²) in [4.78, 5) is 18.5. The Balaban J connectivity index is 1.56. The van der Waals surface area contributed by atoms with E-state index >= 15 is 0 Å². The molecule has 3 aliphatic rings. The number of hydrogen-bond donors (Lipinski definition) is 0. The molecule has 0 fully saturated rings. The molecular weight excluding hydrogens is 408 g/mol. The second kappa shape index (κ2) is 7.37. The largest absolute Gasteiger partial charge is 0.358 e. The highest BCUT2D eigenvalue weighted by molar-refractivity contribution is 5.83. The van der Waals surface area contributed by atoms with Crippen molar-refractivity contribution in [3.63, 3.8) is 0 Å². The molecule has 0 spiro atoms. The number of benzene rings is 2. The smallest absolute Gasteiger partial charge is 0.157 e. The van der Waals surface area contributed by atoms with Crippen molar-refractivity contribution in [3.05, 3.63) is 97.2 Å². The molecule has 4 heterocycles. The number of rotatable bonds is 3. The lowest BCUT2D eigenvalue weighted by Crippen LogP contribution is -2.59. The van der Waals surface area contributed by atoms with Crippen LogP contribution in [0.4, 0.5) is 22.9 Å². The van der Waals surface area contributed by atoms with Crippen LogP contribution in [0.5, 0.6) is 0 Å². The van der Waals surface area contributed by atoms with Gasteiger partial charge in [-0.1, -0.05) is 42.5 Å². The molecule has 4 atom stereocenters. The molecule has 4 unspecified atom stereocenters. The Labute approximate surface area is 195 Å². The van der Waals surface area contributed by atoms with Crippen LogP contribution in [0.3, 0.4) is 0 Å². The minimum atomic E-state index is 0.0773. The molecule has 0 radical (unpaired) electrons. The summed E-state index contributed by atoms with van der Waals surface area (Å²) < 4.78 is 0.